The Kier molecular flexibility index (Phi) is 3.12. The van der Waals surface area contributed by atoms with Crippen molar-refractivity contribution >= 4 is 26.8 Å². The van der Waals surface area contributed by atoms with Crippen LogP contribution in [0.3, 0.4) is 0 Å². The number of nitrogens with two attached hydrogens (primary N) is 1. The van der Waals surface area contributed by atoms with E-state index in [1.165, 1.54) is 16.6 Å². The summed E-state index contributed by atoms with van der Waals surface area (Å²) in [5, 5.41) is 1.28. The van der Waals surface area contributed by atoms with Gasteiger partial charge in [-0.05, 0) is 37.6 Å². The van der Waals surface area contributed by atoms with Gasteiger partial charge in [-0.3, -0.25) is 0 Å². The summed E-state index contributed by atoms with van der Waals surface area (Å²) in [6.45, 7) is 0.753. The minimum absolute atomic E-state index is 0.753. The zero-order chi connectivity index (χ0) is 10.8. The number of nitrogens with zero attached hydrogens (tertiary/aromatic N) is 1. The fourth-order valence-electron chi connectivity index (χ4n) is 1.90. The molecule has 1 aromatic heterocycles. The molecule has 0 unspecified atom stereocenters. The van der Waals surface area contributed by atoms with Crippen LogP contribution in [-0.2, 0) is 13.5 Å². The molecule has 0 atom stereocenters. The highest BCUT2D eigenvalue weighted by Crippen LogP contribution is 2.26. The Morgan fingerprint density at radius 1 is 1.40 bits per heavy atom. The standard InChI is InChI=1S/C12H15BrN2/c1-15-9(4-3-7-14)8-10-11(13)5-2-6-12(10)15/h2,5-6,8H,3-4,7,14H2,1H3. The molecule has 2 rings (SSSR count). The van der Waals surface area contributed by atoms with E-state index < -0.39 is 0 Å². The highest BCUT2D eigenvalue weighted by atomic mass is 79.9. The summed E-state index contributed by atoms with van der Waals surface area (Å²) in [4.78, 5) is 0. The highest BCUT2D eigenvalue weighted by molar-refractivity contribution is 9.10. The molecule has 0 bridgehead atoms. The topological polar surface area (TPSA) is 30.9 Å². The van der Waals surface area contributed by atoms with E-state index >= 15 is 0 Å². The van der Waals surface area contributed by atoms with Gasteiger partial charge in [0.25, 0.3) is 0 Å². The van der Waals surface area contributed by atoms with E-state index in [0.717, 1.165) is 23.9 Å². The molecule has 2 aromatic rings. The first kappa shape index (κ1) is 10.7. The Morgan fingerprint density at radius 3 is 2.87 bits per heavy atom. The van der Waals surface area contributed by atoms with Crippen LogP contribution in [0.5, 0.6) is 0 Å². The molecule has 0 saturated carbocycles. The summed E-state index contributed by atoms with van der Waals surface area (Å²) in [6.07, 6.45) is 2.09. The molecule has 0 radical (unpaired) electrons. The molecule has 0 fully saturated rings. The molecule has 1 heterocycles. The number of rotatable bonds is 3. The van der Waals surface area contributed by atoms with Crippen LogP contribution in [0.2, 0.25) is 0 Å². The molecule has 0 amide bonds. The van der Waals surface area contributed by atoms with Crippen molar-refractivity contribution in [3.63, 3.8) is 0 Å². The van der Waals surface area contributed by atoms with Gasteiger partial charge in [0.15, 0.2) is 0 Å². The fourth-order valence-corrected chi connectivity index (χ4v) is 2.37. The average molecular weight is 267 g/mol. The number of halogens is 1. The van der Waals surface area contributed by atoms with Gasteiger partial charge >= 0.3 is 0 Å². The zero-order valence-electron chi connectivity index (χ0n) is 8.83. The van der Waals surface area contributed by atoms with E-state index in [1.54, 1.807) is 0 Å². The first-order valence-electron chi connectivity index (χ1n) is 5.17. The minimum atomic E-state index is 0.753. The van der Waals surface area contributed by atoms with E-state index in [9.17, 15) is 0 Å². The number of fused-ring (bicyclic) bond motifs is 1. The van der Waals surface area contributed by atoms with E-state index in [4.69, 9.17) is 5.73 Å². The lowest BCUT2D eigenvalue weighted by atomic mass is 10.2. The number of hydrogen-bond donors (Lipinski definition) is 1. The predicted octanol–water partition coefficient (Wildman–Crippen LogP) is 2.83. The molecular formula is C12H15BrN2. The highest BCUT2D eigenvalue weighted by Gasteiger charge is 2.06. The van der Waals surface area contributed by atoms with E-state index in [-0.39, 0.29) is 0 Å². The van der Waals surface area contributed by atoms with Crippen molar-refractivity contribution in [1.29, 1.82) is 0 Å². The van der Waals surface area contributed by atoms with Crippen molar-refractivity contribution in [2.45, 2.75) is 12.8 Å². The number of aryl methyl sites for hydroxylation is 2. The van der Waals surface area contributed by atoms with Gasteiger partial charge in [-0.1, -0.05) is 22.0 Å². The second-order valence-electron chi connectivity index (χ2n) is 3.76. The van der Waals surface area contributed by atoms with Crippen molar-refractivity contribution in [2.75, 3.05) is 6.54 Å². The van der Waals surface area contributed by atoms with Gasteiger partial charge in [0.1, 0.15) is 0 Å². The second-order valence-corrected chi connectivity index (χ2v) is 4.61. The molecule has 0 spiro atoms. The Labute approximate surface area is 98.2 Å². The van der Waals surface area contributed by atoms with Crippen LogP contribution in [0.1, 0.15) is 12.1 Å². The molecule has 0 aliphatic heterocycles. The van der Waals surface area contributed by atoms with E-state index in [1.807, 2.05) is 0 Å². The number of hydrogen-bond acceptors (Lipinski definition) is 1. The first-order valence-corrected chi connectivity index (χ1v) is 5.96. The monoisotopic (exact) mass is 266 g/mol. The van der Waals surface area contributed by atoms with Crippen LogP contribution < -0.4 is 5.73 Å². The van der Waals surface area contributed by atoms with Gasteiger partial charge in [-0.25, -0.2) is 0 Å². The SMILES string of the molecule is Cn1c(CCCN)cc2c(Br)cccc21. The largest absolute Gasteiger partial charge is 0.348 e. The molecular weight excluding hydrogens is 252 g/mol. The van der Waals surface area contributed by atoms with Crippen molar-refractivity contribution in [1.82, 2.24) is 4.57 Å². The van der Waals surface area contributed by atoms with Crippen molar-refractivity contribution in [2.24, 2.45) is 12.8 Å². The lowest BCUT2D eigenvalue weighted by molar-refractivity contribution is 0.766. The summed E-state index contributed by atoms with van der Waals surface area (Å²) in [5.41, 5.74) is 8.16. The smallest absolute Gasteiger partial charge is 0.0491 e. The normalized spacial score (nSPS) is 11.1. The molecule has 3 heteroatoms. The van der Waals surface area contributed by atoms with E-state index in [2.05, 4.69) is 51.8 Å². The minimum Gasteiger partial charge on any atom is -0.348 e. The van der Waals surface area contributed by atoms with Crippen molar-refractivity contribution in [3.8, 4) is 0 Å². The van der Waals surface area contributed by atoms with Gasteiger partial charge in [0.2, 0.25) is 0 Å². The third-order valence-corrected chi connectivity index (χ3v) is 3.46. The van der Waals surface area contributed by atoms with Crippen LogP contribution >= 0.6 is 15.9 Å². The summed E-state index contributed by atoms with van der Waals surface area (Å²) in [5.74, 6) is 0. The van der Waals surface area contributed by atoms with Crippen LogP contribution in [0.15, 0.2) is 28.7 Å². The number of aromatic nitrogens is 1. The van der Waals surface area contributed by atoms with Crippen LogP contribution in [-0.4, -0.2) is 11.1 Å². The zero-order valence-corrected chi connectivity index (χ0v) is 10.4. The molecule has 0 saturated heterocycles. The molecule has 0 aliphatic rings. The van der Waals surface area contributed by atoms with Gasteiger partial charge in [0, 0.05) is 28.1 Å². The van der Waals surface area contributed by atoms with Crippen molar-refractivity contribution < 1.29 is 0 Å². The van der Waals surface area contributed by atoms with Crippen LogP contribution in [0.4, 0.5) is 0 Å². The van der Waals surface area contributed by atoms with Gasteiger partial charge in [-0.15, -0.1) is 0 Å². The van der Waals surface area contributed by atoms with Crippen molar-refractivity contribution in [3.05, 3.63) is 34.4 Å². The lowest BCUT2D eigenvalue weighted by Crippen LogP contribution is -2.03. The lowest BCUT2D eigenvalue weighted by Gasteiger charge is -2.02. The summed E-state index contributed by atoms with van der Waals surface area (Å²) < 4.78 is 3.41. The molecule has 0 aliphatic carbocycles. The summed E-state index contributed by atoms with van der Waals surface area (Å²) in [6, 6.07) is 8.54. The Hall–Kier alpha value is -0.800. The maximum absolute atomic E-state index is 5.53. The third-order valence-electron chi connectivity index (χ3n) is 2.77. The molecule has 80 valence electrons. The van der Waals surface area contributed by atoms with Crippen LogP contribution in [0, 0.1) is 0 Å². The summed E-state index contributed by atoms with van der Waals surface area (Å²) >= 11 is 3.57. The molecule has 15 heavy (non-hydrogen) atoms. The fraction of sp³-hybridized carbons (Fsp3) is 0.333. The molecule has 2 N–H and O–H groups in total. The molecule has 1 aromatic carbocycles. The van der Waals surface area contributed by atoms with Gasteiger partial charge < -0.3 is 10.3 Å². The molecule has 2 nitrogen and oxygen atoms in total. The average Bonchev–Trinajstić information content (AvgIpc) is 2.55. The Bertz CT molecular complexity index is 474. The van der Waals surface area contributed by atoms with Crippen LogP contribution in [0.25, 0.3) is 10.9 Å². The van der Waals surface area contributed by atoms with Gasteiger partial charge in [-0.2, -0.15) is 0 Å². The maximum Gasteiger partial charge on any atom is 0.0491 e. The maximum atomic E-state index is 5.53. The van der Waals surface area contributed by atoms with Gasteiger partial charge in [0.05, 0.1) is 0 Å². The number of benzene rings is 1. The Balaban J connectivity index is 2.49. The first-order chi connectivity index (χ1) is 7.24. The summed E-state index contributed by atoms with van der Waals surface area (Å²) in [7, 11) is 2.11. The third kappa shape index (κ3) is 1.94. The Morgan fingerprint density at radius 2 is 2.20 bits per heavy atom. The predicted molar refractivity (Wildman–Crippen MR) is 68.0 cm³/mol. The van der Waals surface area contributed by atoms with E-state index in [0.29, 0.717) is 0 Å². The second kappa shape index (κ2) is 4.37. The quantitative estimate of drug-likeness (QED) is 0.910.